The molecule has 0 bridgehead atoms. The first-order chi connectivity index (χ1) is 21.0. The van der Waals surface area contributed by atoms with Gasteiger partial charge in [-0.05, 0) is 116 Å². The largest absolute Gasteiger partial charge is 0.490 e. The zero-order valence-electron chi connectivity index (χ0n) is 24.6. The second-order valence-corrected chi connectivity index (χ2v) is 11.8. The predicted octanol–water partition coefficient (Wildman–Crippen LogP) is 6.26. The first kappa shape index (κ1) is 35.0. The van der Waals surface area contributed by atoms with Crippen molar-refractivity contribution in [3.8, 4) is 23.4 Å². The van der Waals surface area contributed by atoms with Crippen molar-refractivity contribution in [1.29, 1.82) is 5.26 Å². The molecular formula is C30H30Br3N5O6. The van der Waals surface area contributed by atoms with Crippen LogP contribution in [0.25, 0.3) is 0 Å². The summed E-state index contributed by atoms with van der Waals surface area (Å²) >= 11 is 10.4. The molecule has 2 aromatic carbocycles. The molecule has 2 amide bonds. The van der Waals surface area contributed by atoms with E-state index in [9.17, 15) is 14.9 Å². The van der Waals surface area contributed by atoms with E-state index in [1.807, 2.05) is 32.9 Å². The molecular weight excluding hydrogens is 766 g/mol. The van der Waals surface area contributed by atoms with Gasteiger partial charge in [0.15, 0.2) is 24.7 Å². The Balaban J connectivity index is 1.64. The van der Waals surface area contributed by atoms with Crippen LogP contribution in [0.3, 0.4) is 0 Å². The van der Waals surface area contributed by atoms with Crippen molar-refractivity contribution in [3.63, 3.8) is 0 Å². The monoisotopic (exact) mass is 793 g/mol. The van der Waals surface area contributed by atoms with Crippen LogP contribution in [0.15, 0.2) is 42.8 Å². The van der Waals surface area contributed by atoms with Crippen LogP contribution in [-0.4, -0.2) is 49.9 Å². The van der Waals surface area contributed by atoms with E-state index in [0.29, 0.717) is 49.6 Å². The smallest absolute Gasteiger partial charge is 0.278 e. The van der Waals surface area contributed by atoms with Gasteiger partial charge in [0.1, 0.15) is 11.6 Å². The molecule has 0 saturated carbocycles. The second kappa shape index (κ2) is 16.5. The van der Waals surface area contributed by atoms with Crippen LogP contribution < -0.4 is 25.0 Å². The fourth-order valence-corrected chi connectivity index (χ4v) is 5.36. The maximum atomic E-state index is 12.6. The molecule has 0 radical (unpaired) electrons. The molecule has 2 N–H and O–H groups in total. The Morgan fingerprint density at radius 3 is 2.39 bits per heavy atom. The van der Waals surface area contributed by atoms with Crippen molar-refractivity contribution < 1.29 is 28.5 Å². The summed E-state index contributed by atoms with van der Waals surface area (Å²) in [6, 6.07) is 9.25. The molecule has 1 heterocycles. The number of hydrogen-bond donors (Lipinski definition) is 2. The molecule has 11 nitrogen and oxygen atoms in total. The van der Waals surface area contributed by atoms with Gasteiger partial charge in [-0.1, -0.05) is 0 Å². The molecule has 44 heavy (non-hydrogen) atoms. The summed E-state index contributed by atoms with van der Waals surface area (Å²) in [5, 5.41) is 16.4. The van der Waals surface area contributed by atoms with Crippen LogP contribution in [0.2, 0.25) is 0 Å². The number of aromatic nitrogens is 1. The van der Waals surface area contributed by atoms with E-state index in [2.05, 4.69) is 74.7 Å². The van der Waals surface area contributed by atoms with Crippen LogP contribution in [-0.2, 0) is 20.9 Å². The fraction of sp³-hybridized carbons (Fsp3) is 0.300. The molecule has 0 aliphatic rings. The number of amides is 2. The number of hydrogen-bond acceptors (Lipinski definition) is 9. The van der Waals surface area contributed by atoms with Crippen LogP contribution in [0.5, 0.6) is 17.4 Å². The van der Waals surface area contributed by atoms with Crippen LogP contribution in [0.1, 0.15) is 40.4 Å². The minimum absolute atomic E-state index is 0.0237. The molecule has 0 atom stereocenters. The molecule has 0 aliphatic carbocycles. The van der Waals surface area contributed by atoms with Gasteiger partial charge in [-0.15, -0.1) is 0 Å². The lowest BCUT2D eigenvalue weighted by atomic mass is 10.1. The quantitative estimate of drug-likeness (QED) is 0.153. The number of carbonyl (C=O) groups excluding carboxylic acids is 2. The minimum atomic E-state index is -0.564. The van der Waals surface area contributed by atoms with E-state index >= 15 is 0 Å². The molecule has 0 unspecified atom stereocenters. The topological polar surface area (TPSA) is 144 Å². The normalized spacial score (nSPS) is 10.8. The van der Waals surface area contributed by atoms with Gasteiger partial charge >= 0.3 is 0 Å². The number of pyridine rings is 1. The van der Waals surface area contributed by atoms with Gasteiger partial charge in [-0.2, -0.15) is 10.4 Å². The van der Waals surface area contributed by atoms with E-state index < -0.39 is 12.5 Å². The first-order valence-corrected chi connectivity index (χ1v) is 15.5. The van der Waals surface area contributed by atoms with E-state index in [1.165, 1.54) is 13.3 Å². The lowest BCUT2D eigenvalue weighted by molar-refractivity contribution is -0.123. The van der Waals surface area contributed by atoms with Gasteiger partial charge < -0.3 is 24.3 Å². The lowest BCUT2D eigenvalue weighted by Crippen LogP contribution is -2.25. The number of carbonyl (C=O) groups is 2. The summed E-state index contributed by atoms with van der Waals surface area (Å²) in [5.74, 6) is -0.161. The van der Waals surface area contributed by atoms with Crippen LogP contribution in [0, 0.1) is 32.1 Å². The highest BCUT2D eigenvalue weighted by Gasteiger charge is 2.19. The number of anilines is 1. The molecule has 0 fully saturated rings. The Hall–Kier alpha value is -3.51. The van der Waals surface area contributed by atoms with Gasteiger partial charge in [-0.25, -0.2) is 10.4 Å². The minimum Gasteiger partial charge on any atom is -0.490 e. The second-order valence-electron chi connectivity index (χ2n) is 9.31. The fourth-order valence-electron chi connectivity index (χ4n) is 3.83. The van der Waals surface area contributed by atoms with Gasteiger partial charge in [0, 0.05) is 21.6 Å². The van der Waals surface area contributed by atoms with Crippen molar-refractivity contribution in [2.24, 2.45) is 5.10 Å². The number of aryl methyl sites for hydroxylation is 3. The Bertz CT molecular complexity index is 1620. The van der Waals surface area contributed by atoms with E-state index in [1.54, 1.807) is 19.1 Å². The SMILES string of the molecule is CCOc1cc(/C=N/NC(=O)COc2nc(C)c(Br)c(COC)c2C#N)cc(Br)c1OCC(=O)Nc1cc(C)c(C)cc1Br. The van der Waals surface area contributed by atoms with Gasteiger partial charge in [0.25, 0.3) is 11.8 Å². The van der Waals surface area contributed by atoms with Crippen molar-refractivity contribution >= 4 is 71.5 Å². The average molecular weight is 796 g/mol. The number of nitrogens with zero attached hydrogens (tertiary/aromatic N) is 3. The number of hydrazone groups is 1. The number of methoxy groups -OCH3 is 1. The summed E-state index contributed by atoms with van der Waals surface area (Å²) in [5.41, 5.74) is 7.10. The number of nitriles is 1. The van der Waals surface area contributed by atoms with E-state index in [-0.39, 0.29) is 30.6 Å². The number of rotatable bonds is 13. The molecule has 14 heteroatoms. The highest BCUT2D eigenvalue weighted by atomic mass is 79.9. The van der Waals surface area contributed by atoms with Gasteiger partial charge in [0.05, 0.1) is 35.3 Å². The van der Waals surface area contributed by atoms with Crippen LogP contribution >= 0.6 is 47.8 Å². The van der Waals surface area contributed by atoms with Crippen molar-refractivity contribution in [2.45, 2.75) is 34.3 Å². The number of nitrogens with one attached hydrogen (secondary N) is 2. The molecule has 3 rings (SSSR count). The van der Waals surface area contributed by atoms with Crippen molar-refractivity contribution in [1.82, 2.24) is 10.4 Å². The standard InChI is InChI=1S/C30H30Br3N5O6/c1-6-42-25-10-19(9-23(32)29(25)43-14-26(39)37-24-8-17(3)16(2)7-22(24)31)12-35-38-27(40)15-44-30-20(11-34)21(13-41-5)28(33)18(4)36-30/h7-10,12H,6,13-15H2,1-5H3,(H,37,39)(H,38,40)/b35-12+. The van der Waals surface area contributed by atoms with Crippen molar-refractivity contribution in [2.75, 3.05) is 32.2 Å². The third-order valence-corrected chi connectivity index (χ3v) is 8.35. The number of ether oxygens (including phenoxy) is 4. The van der Waals surface area contributed by atoms with E-state index in [4.69, 9.17) is 18.9 Å². The van der Waals surface area contributed by atoms with Gasteiger partial charge in [-0.3, -0.25) is 9.59 Å². The molecule has 0 spiro atoms. The molecule has 1 aromatic heterocycles. The van der Waals surface area contributed by atoms with Crippen LogP contribution in [0.4, 0.5) is 5.69 Å². The van der Waals surface area contributed by atoms with Crippen molar-refractivity contribution in [3.05, 3.63) is 71.2 Å². The Morgan fingerprint density at radius 2 is 1.70 bits per heavy atom. The highest BCUT2D eigenvalue weighted by Crippen LogP contribution is 2.37. The molecule has 0 saturated heterocycles. The summed E-state index contributed by atoms with van der Waals surface area (Å²) in [7, 11) is 1.51. The molecule has 232 valence electrons. The Morgan fingerprint density at radius 1 is 1.00 bits per heavy atom. The molecule has 0 aliphatic heterocycles. The summed E-state index contributed by atoms with van der Waals surface area (Å²) in [4.78, 5) is 29.3. The zero-order chi connectivity index (χ0) is 32.4. The third kappa shape index (κ3) is 9.25. The maximum Gasteiger partial charge on any atom is 0.278 e. The predicted molar refractivity (Wildman–Crippen MR) is 176 cm³/mol. The lowest BCUT2D eigenvalue weighted by Gasteiger charge is -2.15. The highest BCUT2D eigenvalue weighted by molar-refractivity contribution is 9.11. The maximum absolute atomic E-state index is 12.6. The molecule has 3 aromatic rings. The first-order valence-electron chi connectivity index (χ1n) is 13.2. The number of halogens is 3. The number of benzene rings is 2. The van der Waals surface area contributed by atoms with Gasteiger partial charge in [0.2, 0.25) is 5.88 Å². The van der Waals surface area contributed by atoms with E-state index in [0.717, 1.165) is 15.6 Å². The Kier molecular flexibility index (Phi) is 13.1. The summed E-state index contributed by atoms with van der Waals surface area (Å²) < 4.78 is 24.2. The average Bonchev–Trinajstić information content (AvgIpc) is 2.97. The summed E-state index contributed by atoms with van der Waals surface area (Å²) in [6.07, 6.45) is 1.42. The zero-order valence-corrected chi connectivity index (χ0v) is 29.4. The summed E-state index contributed by atoms with van der Waals surface area (Å²) in [6.45, 7) is 7.36. The third-order valence-electron chi connectivity index (χ3n) is 6.05. The Labute approximate surface area is 280 Å².